The van der Waals surface area contributed by atoms with Crippen molar-refractivity contribution in [1.82, 2.24) is 25.6 Å². The molecule has 0 fully saturated rings. The normalized spacial score (nSPS) is 12.5. The molecule has 0 aliphatic carbocycles. The van der Waals surface area contributed by atoms with Crippen molar-refractivity contribution in [2.75, 3.05) is 5.32 Å². The standard InChI is InChI=1S/C20H16FN7/c1-3-15-17(11-22-2)16-8-7-12(19-25-27-28-26-19)9-18(16)24-20(15)23-14-6-4-5-13(21)10-14/h3-11H,2H2,1H3,(H,23,24)(H,25,26,27,28)/b15-3+,17-11+. The number of nitrogens with one attached hydrogen (secondary N) is 2. The number of H-pyrrole nitrogens is 1. The highest BCUT2D eigenvalue weighted by molar-refractivity contribution is 5.86. The van der Waals surface area contributed by atoms with Crippen LogP contribution in [0.25, 0.3) is 34.6 Å². The molecule has 2 heterocycles. The van der Waals surface area contributed by atoms with Crippen LogP contribution in [0.1, 0.15) is 6.92 Å². The number of hydrogen-bond acceptors (Lipinski definition) is 6. The fourth-order valence-corrected chi connectivity index (χ4v) is 3.05. The van der Waals surface area contributed by atoms with Crippen LogP contribution in [0, 0.1) is 5.82 Å². The number of anilines is 2. The van der Waals surface area contributed by atoms with Crippen LogP contribution in [0.5, 0.6) is 0 Å². The molecule has 0 amide bonds. The summed E-state index contributed by atoms with van der Waals surface area (Å²) in [6.07, 6.45) is 3.61. The Hall–Kier alpha value is -3.94. The molecule has 0 aliphatic rings. The molecular formula is C20H16FN7. The molecule has 2 aromatic heterocycles. The van der Waals surface area contributed by atoms with Gasteiger partial charge in [-0.2, -0.15) is 5.21 Å². The van der Waals surface area contributed by atoms with Crippen LogP contribution in [-0.4, -0.2) is 32.3 Å². The van der Waals surface area contributed by atoms with Gasteiger partial charge in [-0.3, -0.25) is 4.99 Å². The molecule has 28 heavy (non-hydrogen) atoms. The van der Waals surface area contributed by atoms with Crippen molar-refractivity contribution in [2.45, 2.75) is 6.92 Å². The van der Waals surface area contributed by atoms with Crippen molar-refractivity contribution in [3.63, 3.8) is 0 Å². The molecule has 0 atom stereocenters. The van der Waals surface area contributed by atoms with E-state index in [9.17, 15) is 4.39 Å². The molecule has 0 aliphatic heterocycles. The lowest BCUT2D eigenvalue weighted by Crippen LogP contribution is -2.29. The Morgan fingerprint density at radius 2 is 2.07 bits per heavy atom. The van der Waals surface area contributed by atoms with E-state index in [0.717, 1.165) is 21.4 Å². The Labute approximate surface area is 159 Å². The first-order valence-electron chi connectivity index (χ1n) is 8.52. The summed E-state index contributed by atoms with van der Waals surface area (Å²) in [6.45, 7) is 5.49. The summed E-state index contributed by atoms with van der Waals surface area (Å²) in [7, 11) is 0. The molecule has 2 aromatic carbocycles. The van der Waals surface area contributed by atoms with Gasteiger partial charge in [-0.15, -0.1) is 10.2 Å². The summed E-state index contributed by atoms with van der Waals surface area (Å²) in [5.41, 5.74) is 2.08. The monoisotopic (exact) mass is 373 g/mol. The van der Waals surface area contributed by atoms with Gasteiger partial charge >= 0.3 is 0 Å². The van der Waals surface area contributed by atoms with E-state index >= 15 is 0 Å². The minimum Gasteiger partial charge on any atom is -0.340 e. The summed E-state index contributed by atoms with van der Waals surface area (Å²) in [5, 5.41) is 19.9. The molecule has 7 nitrogen and oxygen atoms in total. The minimum absolute atomic E-state index is 0.327. The van der Waals surface area contributed by atoms with Gasteiger partial charge in [0.1, 0.15) is 11.6 Å². The summed E-state index contributed by atoms with van der Waals surface area (Å²) in [5.74, 6) is 0.731. The first-order chi connectivity index (χ1) is 13.7. The van der Waals surface area contributed by atoms with Gasteiger partial charge in [-0.1, -0.05) is 24.3 Å². The highest BCUT2D eigenvalue weighted by atomic mass is 19.1. The molecule has 138 valence electrons. The van der Waals surface area contributed by atoms with Crippen LogP contribution >= 0.6 is 0 Å². The van der Waals surface area contributed by atoms with E-state index in [1.807, 2.05) is 31.2 Å². The maximum atomic E-state index is 13.6. The predicted molar refractivity (Wildman–Crippen MR) is 108 cm³/mol. The molecule has 0 radical (unpaired) electrons. The van der Waals surface area contributed by atoms with E-state index in [4.69, 9.17) is 4.98 Å². The molecule has 4 rings (SSSR count). The molecule has 0 bridgehead atoms. The molecule has 2 N–H and O–H groups in total. The Morgan fingerprint density at radius 1 is 1.18 bits per heavy atom. The molecule has 4 aromatic rings. The number of rotatable bonds is 4. The predicted octanol–water partition coefficient (Wildman–Crippen LogP) is 2.54. The first-order valence-corrected chi connectivity index (χ1v) is 8.52. The molecule has 0 saturated carbocycles. The number of hydrogen-bond donors (Lipinski definition) is 2. The van der Waals surface area contributed by atoms with Gasteiger partial charge in [0, 0.05) is 33.3 Å². The smallest absolute Gasteiger partial charge is 0.204 e. The van der Waals surface area contributed by atoms with Crippen molar-refractivity contribution >= 4 is 41.4 Å². The fourth-order valence-electron chi connectivity index (χ4n) is 3.05. The Morgan fingerprint density at radius 3 is 2.79 bits per heavy atom. The number of halogens is 1. The Balaban J connectivity index is 1.97. The third-order valence-electron chi connectivity index (χ3n) is 4.27. The van der Waals surface area contributed by atoms with Crippen LogP contribution < -0.4 is 15.8 Å². The second-order valence-electron chi connectivity index (χ2n) is 5.99. The van der Waals surface area contributed by atoms with Crippen LogP contribution in [-0.2, 0) is 0 Å². The maximum Gasteiger partial charge on any atom is 0.204 e. The van der Waals surface area contributed by atoms with E-state index in [0.29, 0.717) is 22.8 Å². The molecular weight excluding hydrogens is 357 g/mol. The molecule has 0 saturated heterocycles. The van der Waals surface area contributed by atoms with E-state index in [2.05, 4.69) is 37.7 Å². The second-order valence-corrected chi connectivity index (χ2v) is 5.99. The van der Waals surface area contributed by atoms with Crippen LogP contribution in [0.2, 0.25) is 0 Å². The summed E-state index contributed by atoms with van der Waals surface area (Å²) < 4.78 is 13.6. The van der Waals surface area contributed by atoms with E-state index in [-0.39, 0.29) is 5.82 Å². The first kappa shape index (κ1) is 17.5. The van der Waals surface area contributed by atoms with Gasteiger partial charge in [0.2, 0.25) is 5.82 Å². The highest BCUT2D eigenvalue weighted by Gasteiger charge is 2.09. The highest BCUT2D eigenvalue weighted by Crippen LogP contribution is 2.20. The maximum absolute atomic E-state index is 13.6. The summed E-state index contributed by atoms with van der Waals surface area (Å²) in [4.78, 5) is 8.70. The quantitative estimate of drug-likeness (QED) is 0.537. The fraction of sp³-hybridized carbons (Fsp3) is 0.0500. The lowest BCUT2D eigenvalue weighted by Gasteiger charge is -2.10. The number of benzene rings is 2. The van der Waals surface area contributed by atoms with Crippen molar-refractivity contribution in [3.8, 4) is 11.4 Å². The molecule has 0 unspecified atom stereocenters. The average Bonchev–Trinajstić information content (AvgIpc) is 3.23. The van der Waals surface area contributed by atoms with Crippen LogP contribution in [0.3, 0.4) is 0 Å². The van der Waals surface area contributed by atoms with Gasteiger partial charge in [-0.25, -0.2) is 9.37 Å². The number of aromatic amines is 1. The number of tetrazole rings is 1. The number of nitrogens with zero attached hydrogens (tertiary/aromatic N) is 5. The summed E-state index contributed by atoms with van der Waals surface area (Å²) >= 11 is 0. The van der Waals surface area contributed by atoms with Crippen molar-refractivity contribution in [3.05, 3.63) is 58.7 Å². The zero-order valence-corrected chi connectivity index (χ0v) is 15.0. The van der Waals surface area contributed by atoms with Crippen molar-refractivity contribution in [1.29, 1.82) is 0 Å². The van der Waals surface area contributed by atoms with Crippen LogP contribution in [0.4, 0.5) is 15.9 Å². The zero-order valence-electron chi connectivity index (χ0n) is 15.0. The minimum atomic E-state index is -0.327. The van der Waals surface area contributed by atoms with Crippen LogP contribution in [0.15, 0.2) is 47.5 Å². The third-order valence-corrected chi connectivity index (χ3v) is 4.27. The number of aromatic nitrogens is 5. The molecule has 8 heteroatoms. The van der Waals surface area contributed by atoms with Gasteiger partial charge in [-0.05, 0) is 43.1 Å². The van der Waals surface area contributed by atoms with Gasteiger partial charge in [0.25, 0.3) is 0 Å². The van der Waals surface area contributed by atoms with Crippen molar-refractivity contribution < 1.29 is 4.39 Å². The number of pyridine rings is 1. The third kappa shape index (κ3) is 3.23. The average molecular weight is 373 g/mol. The lowest BCUT2D eigenvalue weighted by atomic mass is 10.1. The van der Waals surface area contributed by atoms with Crippen molar-refractivity contribution in [2.24, 2.45) is 4.99 Å². The van der Waals surface area contributed by atoms with Gasteiger partial charge in [0.15, 0.2) is 0 Å². The largest absolute Gasteiger partial charge is 0.340 e. The number of fused-ring (bicyclic) bond motifs is 1. The van der Waals surface area contributed by atoms with E-state index < -0.39 is 0 Å². The van der Waals surface area contributed by atoms with Gasteiger partial charge in [0.05, 0.1) is 5.52 Å². The lowest BCUT2D eigenvalue weighted by molar-refractivity contribution is 0.628. The summed E-state index contributed by atoms with van der Waals surface area (Å²) in [6, 6.07) is 11.9. The topological polar surface area (TPSA) is 91.7 Å². The number of aliphatic imine (C=N–C) groups is 1. The SMILES string of the molecule is C=N/C=c1\c(=C/C)c(Nc2cccc(F)c2)nc2cc(-c3nn[nH]n3)ccc12. The Bertz CT molecular complexity index is 1280. The van der Waals surface area contributed by atoms with E-state index in [1.165, 1.54) is 12.1 Å². The van der Waals surface area contributed by atoms with E-state index in [1.54, 1.807) is 18.3 Å². The Kier molecular flexibility index (Phi) is 4.59. The van der Waals surface area contributed by atoms with Gasteiger partial charge < -0.3 is 5.32 Å². The molecule has 0 spiro atoms. The second kappa shape index (κ2) is 7.36. The zero-order chi connectivity index (χ0) is 19.5.